The summed E-state index contributed by atoms with van der Waals surface area (Å²) in [5, 5.41) is 0. The van der Waals surface area contributed by atoms with E-state index in [1.54, 1.807) is 0 Å². The van der Waals surface area contributed by atoms with Crippen LogP contribution in [0.3, 0.4) is 0 Å². The molecule has 316 valence electrons. The molecule has 0 spiro atoms. The molecule has 0 aliphatic rings. The monoisotopic (exact) mass is 762 g/mol. The second-order valence-corrected chi connectivity index (χ2v) is 17.6. The fourth-order valence-electron chi connectivity index (χ4n) is 7.51. The van der Waals surface area contributed by atoms with Gasteiger partial charge in [0.15, 0.2) is 0 Å². The maximum atomic E-state index is 13.3. The molecule has 0 rings (SSSR count). The van der Waals surface area contributed by atoms with Gasteiger partial charge in [0.05, 0.1) is 19.6 Å². The third-order valence-electron chi connectivity index (χ3n) is 9.80. The van der Waals surface area contributed by atoms with E-state index < -0.39 is 0 Å². The molecule has 0 aromatic rings. The van der Waals surface area contributed by atoms with Crippen molar-refractivity contribution in [1.82, 2.24) is 4.90 Å². The summed E-state index contributed by atoms with van der Waals surface area (Å²) in [6.07, 6.45) is 35.0. The van der Waals surface area contributed by atoms with Gasteiger partial charge < -0.3 is 19.1 Å². The lowest BCUT2D eigenvalue weighted by molar-refractivity contribution is -0.153. The first kappa shape index (κ1) is 51.9. The number of nitrogens with zero attached hydrogens (tertiary/aromatic N) is 1. The van der Waals surface area contributed by atoms with E-state index in [1.807, 2.05) is 0 Å². The molecule has 0 N–H and O–H groups in total. The molecule has 0 saturated carbocycles. The van der Waals surface area contributed by atoms with E-state index in [0.717, 1.165) is 90.0 Å². The summed E-state index contributed by atoms with van der Waals surface area (Å²) < 4.78 is 16.6. The first-order valence-corrected chi connectivity index (χ1v) is 22.3. The predicted octanol–water partition coefficient (Wildman–Crippen LogP) is 12.9. The largest absolute Gasteiger partial charge is 0.466 e. The van der Waals surface area contributed by atoms with Crippen LogP contribution in [0.1, 0.15) is 208 Å². The van der Waals surface area contributed by atoms with Crippen molar-refractivity contribution in [2.75, 3.05) is 33.9 Å². The van der Waals surface area contributed by atoms with Gasteiger partial charge in [0.2, 0.25) is 0 Å². The number of hydrogen-bond acceptors (Lipinski definition) is 7. The van der Waals surface area contributed by atoms with Crippen LogP contribution in [-0.4, -0.2) is 62.8 Å². The Bertz CT molecular complexity index is 933. The van der Waals surface area contributed by atoms with Crippen LogP contribution in [0.5, 0.6) is 0 Å². The highest BCUT2D eigenvalue weighted by Gasteiger charge is 2.32. The van der Waals surface area contributed by atoms with Gasteiger partial charge in [-0.2, -0.15) is 0 Å². The van der Waals surface area contributed by atoms with E-state index in [4.69, 9.17) is 14.2 Å². The molecule has 0 amide bonds. The SMILES string of the molecule is CCCCOC(=O)CC/C=C\CCCCCCCCC(CCCCCCCC/C=C\CCC(=O)OCCCC)OC(=O)CC(C)(C)CC(C)(C)CN(C)C. The number of allylic oxidation sites excluding steroid dienone is 4. The Morgan fingerprint density at radius 1 is 0.537 bits per heavy atom. The van der Waals surface area contributed by atoms with Crippen LogP contribution in [0.4, 0.5) is 0 Å². The van der Waals surface area contributed by atoms with Gasteiger partial charge in [0, 0.05) is 19.4 Å². The van der Waals surface area contributed by atoms with Crippen molar-refractivity contribution < 1.29 is 28.6 Å². The van der Waals surface area contributed by atoms with E-state index in [0.29, 0.717) is 32.5 Å². The van der Waals surface area contributed by atoms with Crippen LogP contribution in [0, 0.1) is 10.8 Å². The van der Waals surface area contributed by atoms with Crippen molar-refractivity contribution >= 4 is 17.9 Å². The Morgan fingerprint density at radius 3 is 1.37 bits per heavy atom. The average Bonchev–Trinajstić information content (AvgIpc) is 3.07. The van der Waals surface area contributed by atoms with Gasteiger partial charge in [0.25, 0.3) is 0 Å². The highest BCUT2D eigenvalue weighted by Crippen LogP contribution is 2.37. The summed E-state index contributed by atoms with van der Waals surface area (Å²) in [7, 11) is 4.23. The molecule has 0 aliphatic heterocycles. The lowest BCUT2D eigenvalue weighted by Crippen LogP contribution is -2.34. The second-order valence-electron chi connectivity index (χ2n) is 17.6. The van der Waals surface area contributed by atoms with Gasteiger partial charge in [-0.25, -0.2) is 0 Å². The number of unbranched alkanes of at least 4 members (excludes halogenated alkanes) is 14. The molecule has 0 saturated heterocycles. The van der Waals surface area contributed by atoms with Crippen LogP contribution in [0.15, 0.2) is 24.3 Å². The molecular formula is C47H87NO6. The number of carbonyl (C=O) groups excluding carboxylic acids is 3. The molecule has 0 atom stereocenters. The van der Waals surface area contributed by atoms with Crippen molar-refractivity contribution in [2.24, 2.45) is 10.8 Å². The molecule has 0 fully saturated rings. The highest BCUT2D eigenvalue weighted by atomic mass is 16.5. The van der Waals surface area contributed by atoms with Crippen LogP contribution >= 0.6 is 0 Å². The van der Waals surface area contributed by atoms with Crippen molar-refractivity contribution in [3.8, 4) is 0 Å². The minimum absolute atomic E-state index is 0.0196. The lowest BCUT2D eigenvalue weighted by atomic mass is 9.73. The molecule has 0 heterocycles. The van der Waals surface area contributed by atoms with E-state index >= 15 is 0 Å². The molecule has 0 unspecified atom stereocenters. The van der Waals surface area contributed by atoms with Gasteiger partial charge in [-0.05, 0) is 108 Å². The lowest BCUT2D eigenvalue weighted by Gasteiger charge is -2.36. The Morgan fingerprint density at radius 2 is 0.944 bits per heavy atom. The number of rotatable bonds is 37. The van der Waals surface area contributed by atoms with Crippen molar-refractivity contribution in [2.45, 2.75) is 215 Å². The maximum Gasteiger partial charge on any atom is 0.306 e. The molecule has 54 heavy (non-hydrogen) atoms. The topological polar surface area (TPSA) is 82.1 Å². The second kappa shape index (κ2) is 34.1. The van der Waals surface area contributed by atoms with Crippen molar-refractivity contribution in [3.63, 3.8) is 0 Å². The highest BCUT2D eigenvalue weighted by molar-refractivity contribution is 5.70. The number of carbonyl (C=O) groups is 3. The third kappa shape index (κ3) is 35.5. The van der Waals surface area contributed by atoms with Crippen LogP contribution in [-0.2, 0) is 28.6 Å². The Labute approximate surface area is 334 Å². The van der Waals surface area contributed by atoms with E-state index in [-0.39, 0.29) is 34.8 Å². The Balaban J connectivity index is 4.49. The molecule has 0 aromatic carbocycles. The van der Waals surface area contributed by atoms with Gasteiger partial charge in [-0.3, -0.25) is 14.4 Å². The van der Waals surface area contributed by atoms with Gasteiger partial charge in [0.1, 0.15) is 6.10 Å². The fourth-order valence-corrected chi connectivity index (χ4v) is 7.51. The molecular weight excluding hydrogens is 675 g/mol. The number of esters is 3. The quantitative estimate of drug-likeness (QED) is 0.0270. The normalized spacial score (nSPS) is 12.4. The zero-order chi connectivity index (χ0) is 40.3. The molecule has 7 nitrogen and oxygen atoms in total. The summed E-state index contributed by atoms with van der Waals surface area (Å²) in [6, 6.07) is 0. The van der Waals surface area contributed by atoms with Crippen molar-refractivity contribution in [1.29, 1.82) is 0 Å². The van der Waals surface area contributed by atoms with E-state index in [9.17, 15) is 14.4 Å². The first-order valence-electron chi connectivity index (χ1n) is 22.3. The minimum atomic E-state index is -0.105. The first-order chi connectivity index (χ1) is 25.8. The summed E-state index contributed by atoms with van der Waals surface area (Å²) in [5.41, 5.74) is 0.0256. The molecule has 7 heteroatoms. The summed E-state index contributed by atoms with van der Waals surface area (Å²) in [4.78, 5) is 38.9. The third-order valence-corrected chi connectivity index (χ3v) is 9.80. The predicted molar refractivity (Wildman–Crippen MR) is 228 cm³/mol. The number of ether oxygens (including phenoxy) is 3. The Hall–Kier alpha value is -2.15. The van der Waals surface area contributed by atoms with Crippen LogP contribution in [0.25, 0.3) is 0 Å². The average molecular weight is 762 g/mol. The summed E-state index contributed by atoms with van der Waals surface area (Å²) in [6.45, 7) is 15.3. The molecule has 0 bridgehead atoms. The zero-order valence-corrected chi connectivity index (χ0v) is 36.8. The standard InChI is InChI=1S/C47H87NO6/c1-9-11-37-52-43(49)35-31-27-23-19-15-13-17-21-25-29-33-42(54-45(51)39-46(3,4)40-47(5,6)41-48(7)8)34-30-26-22-18-14-16-20-24-28-32-36-44(50)53-38-12-10-2/h23-24,27-28,42H,9-22,25-26,29-41H2,1-8H3/b27-23-,28-24-. The van der Waals surface area contributed by atoms with E-state index in [1.165, 1.54) is 64.2 Å². The summed E-state index contributed by atoms with van der Waals surface area (Å²) in [5.74, 6) is -0.207. The summed E-state index contributed by atoms with van der Waals surface area (Å²) >= 11 is 0. The van der Waals surface area contributed by atoms with Gasteiger partial charge >= 0.3 is 17.9 Å². The van der Waals surface area contributed by atoms with Crippen LogP contribution in [0.2, 0.25) is 0 Å². The number of hydrogen-bond donors (Lipinski definition) is 0. The van der Waals surface area contributed by atoms with Gasteiger partial charge in [-0.15, -0.1) is 0 Å². The fraction of sp³-hybridized carbons (Fsp3) is 0.851. The van der Waals surface area contributed by atoms with E-state index in [2.05, 4.69) is 84.8 Å². The minimum Gasteiger partial charge on any atom is -0.466 e. The molecule has 0 aromatic heterocycles. The molecule has 0 radical (unpaired) electrons. The zero-order valence-electron chi connectivity index (χ0n) is 36.8. The smallest absolute Gasteiger partial charge is 0.306 e. The van der Waals surface area contributed by atoms with Gasteiger partial charge in [-0.1, -0.05) is 130 Å². The maximum absolute atomic E-state index is 13.3. The molecule has 0 aliphatic carbocycles. The van der Waals surface area contributed by atoms with Crippen LogP contribution < -0.4 is 0 Å². The Kier molecular flexibility index (Phi) is 32.8. The van der Waals surface area contributed by atoms with Crippen molar-refractivity contribution in [3.05, 3.63) is 24.3 Å².